The number of ether oxygens (including phenoxy) is 1. The maximum absolute atomic E-state index is 13.4. The lowest BCUT2D eigenvalue weighted by Gasteiger charge is -2.21. The predicted octanol–water partition coefficient (Wildman–Crippen LogP) is 3.51. The molecule has 0 aliphatic carbocycles. The van der Waals surface area contributed by atoms with Crippen molar-refractivity contribution in [3.05, 3.63) is 29.8 Å². The molecule has 0 saturated carbocycles. The fraction of sp³-hybridized carbons (Fsp3) is 0.533. The van der Waals surface area contributed by atoms with Gasteiger partial charge in [0.15, 0.2) is 0 Å². The average molecular weight is 317 g/mol. The number of carbonyl (C=O) groups excluding carboxylic acids is 1. The van der Waals surface area contributed by atoms with Gasteiger partial charge < -0.3 is 10.5 Å². The Labute approximate surface area is 128 Å². The van der Waals surface area contributed by atoms with E-state index >= 15 is 0 Å². The summed E-state index contributed by atoms with van der Waals surface area (Å²) in [6.45, 7) is 3.68. The number of esters is 1. The Balaban J connectivity index is 2.31. The summed E-state index contributed by atoms with van der Waals surface area (Å²) >= 11 is 1.26. The first-order valence-electron chi connectivity index (χ1n) is 6.91. The van der Waals surface area contributed by atoms with Crippen molar-refractivity contribution < 1.29 is 18.3 Å². The van der Waals surface area contributed by atoms with Gasteiger partial charge in [-0.1, -0.05) is 6.42 Å². The van der Waals surface area contributed by atoms with Crippen LogP contribution in [0.1, 0.15) is 33.1 Å². The van der Waals surface area contributed by atoms with Crippen molar-refractivity contribution >= 4 is 17.7 Å². The third kappa shape index (κ3) is 6.01. The monoisotopic (exact) mass is 317 g/mol. The van der Waals surface area contributed by atoms with Gasteiger partial charge in [-0.15, -0.1) is 11.8 Å². The Morgan fingerprint density at radius 1 is 1.38 bits per heavy atom. The first kappa shape index (κ1) is 17.9. The van der Waals surface area contributed by atoms with Crippen LogP contribution in [0.3, 0.4) is 0 Å². The zero-order valence-corrected chi connectivity index (χ0v) is 13.1. The molecule has 1 aromatic carbocycles. The zero-order chi connectivity index (χ0) is 15.9. The van der Waals surface area contributed by atoms with Gasteiger partial charge in [0.05, 0.1) is 6.61 Å². The Morgan fingerprint density at radius 2 is 2.10 bits per heavy atom. The fourth-order valence-electron chi connectivity index (χ4n) is 1.76. The molecular formula is C15H21F2NO2S. The molecule has 1 rings (SSSR count). The summed E-state index contributed by atoms with van der Waals surface area (Å²) < 4.78 is 31.3. The lowest BCUT2D eigenvalue weighted by molar-refractivity contribution is -0.149. The highest BCUT2D eigenvalue weighted by molar-refractivity contribution is 7.99. The average Bonchev–Trinajstić information content (AvgIpc) is 2.42. The molecule has 2 N–H and O–H groups in total. The summed E-state index contributed by atoms with van der Waals surface area (Å²) in [6.07, 6.45) is 1.97. The smallest absolute Gasteiger partial charge is 0.325 e. The molecular weight excluding hydrogens is 296 g/mol. The molecule has 6 heteroatoms. The number of halogens is 2. The van der Waals surface area contributed by atoms with Gasteiger partial charge in [0.2, 0.25) is 0 Å². The number of carbonyl (C=O) groups is 1. The number of thioether (sulfide) groups is 1. The van der Waals surface area contributed by atoms with Crippen molar-refractivity contribution in [2.75, 3.05) is 12.4 Å². The van der Waals surface area contributed by atoms with Crippen molar-refractivity contribution in [3.63, 3.8) is 0 Å². The number of hydrogen-bond donors (Lipinski definition) is 1. The minimum atomic E-state index is -0.995. The van der Waals surface area contributed by atoms with E-state index in [0.29, 0.717) is 23.7 Å². The van der Waals surface area contributed by atoms with E-state index in [-0.39, 0.29) is 0 Å². The van der Waals surface area contributed by atoms with Crippen LogP contribution in [0.4, 0.5) is 8.78 Å². The second kappa shape index (κ2) is 8.34. The van der Waals surface area contributed by atoms with Crippen molar-refractivity contribution in [1.82, 2.24) is 0 Å². The highest BCUT2D eigenvalue weighted by Crippen LogP contribution is 2.24. The van der Waals surface area contributed by atoms with Gasteiger partial charge >= 0.3 is 5.97 Å². The molecule has 3 nitrogen and oxygen atoms in total. The third-order valence-corrected chi connectivity index (χ3v) is 4.10. The summed E-state index contributed by atoms with van der Waals surface area (Å²) in [7, 11) is 0. The van der Waals surface area contributed by atoms with Gasteiger partial charge in [-0.25, -0.2) is 8.78 Å². The highest BCUT2D eigenvalue weighted by Gasteiger charge is 2.28. The molecule has 118 valence electrons. The van der Waals surface area contributed by atoms with E-state index < -0.39 is 23.1 Å². The summed E-state index contributed by atoms with van der Waals surface area (Å²) in [5.41, 5.74) is 4.90. The summed E-state index contributed by atoms with van der Waals surface area (Å²) in [4.78, 5) is 11.9. The van der Waals surface area contributed by atoms with Crippen molar-refractivity contribution in [2.45, 2.75) is 43.5 Å². The van der Waals surface area contributed by atoms with Gasteiger partial charge in [-0.2, -0.15) is 0 Å². The number of unbranched alkanes of at least 4 members (excludes halogenated alkanes) is 1. The van der Waals surface area contributed by atoms with Gasteiger partial charge in [-0.3, -0.25) is 4.79 Å². The second-order valence-corrected chi connectivity index (χ2v) is 6.15. The molecule has 1 aromatic rings. The number of rotatable bonds is 8. The topological polar surface area (TPSA) is 52.3 Å². The molecule has 1 unspecified atom stereocenters. The molecule has 0 saturated heterocycles. The van der Waals surface area contributed by atoms with Gasteiger partial charge in [0, 0.05) is 4.90 Å². The van der Waals surface area contributed by atoms with Gasteiger partial charge in [-0.05, 0) is 50.6 Å². The second-order valence-electron chi connectivity index (χ2n) is 5.02. The predicted molar refractivity (Wildman–Crippen MR) is 80.2 cm³/mol. The van der Waals surface area contributed by atoms with Crippen LogP contribution < -0.4 is 5.73 Å². The van der Waals surface area contributed by atoms with Gasteiger partial charge in [0.25, 0.3) is 0 Å². The maximum atomic E-state index is 13.4. The fourth-order valence-corrected chi connectivity index (χ4v) is 2.73. The van der Waals surface area contributed by atoms with Crippen LogP contribution >= 0.6 is 11.8 Å². The number of hydrogen-bond acceptors (Lipinski definition) is 4. The van der Waals surface area contributed by atoms with E-state index in [9.17, 15) is 13.6 Å². The van der Waals surface area contributed by atoms with Gasteiger partial charge in [0.1, 0.15) is 17.2 Å². The lowest BCUT2D eigenvalue weighted by atomic mass is 9.96. The normalized spacial score (nSPS) is 13.8. The molecule has 0 bridgehead atoms. The van der Waals surface area contributed by atoms with Crippen LogP contribution in [-0.4, -0.2) is 23.9 Å². The maximum Gasteiger partial charge on any atom is 0.325 e. The Morgan fingerprint density at radius 3 is 2.76 bits per heavy atom. The molecule has 0 aliphatic rings. The van der Waals surface area contributed by atoms with E-state index in [4.69, 9.17) is 10.5 Å². The Kier molecular flexibility index (Phi) is 7.11. The largest absolute Gasteiger partial charge is 0.465 e. The van der Waals surface area contributed by atoms with Crippen LogP contribution in [0, 0.1) is 11.6 Å². The minimum Gasteiger partial charge on any atom is -0.465 e. The molecule has 0 spiro atoms. The summed E-state index contributed by atoms with van der Waals surface area (Å²) in [5, 5.41) is 0. The summed E-state index contributed by atoms with van der Waals surface area (Å²) in [6, 6.07) is 3.40. The molecule has 0 amide bonds. The van der Waals surface area contributed by atoms with E-state index in [2.05, 4.69) is 0 Å². The Hall–Kier alpha value is -1.14. The summed E-state index contributed by atoms with van der Waals surface area (Å²) in [5.74, 6) is -0.639. The van der Waals surface area contributed by atoms with Crippen LogP contribution in [-0.2, 0) is 9.53 Å². The van der Waals surface area contributed by atoms with E-state index in [1.54, 1.807) is 13.8 Å². The first-order valence-corrected chi connectivity index (χ1v) is 7.89. The van der Waals surface area contributed by atoms with Crippen molar-refractivity contribution in [3.8, 4) is 0 Å². The number of nitrogens with two attached hydrogens (primary N) is 1. The SMILES string of the molecule is CCOC(=O)C(C)(N)CCCCSc1cc(F)ccc1F. The standard InChI is InChI=1S/C15H21F2NO2S/c1-3-20-14(19)15(2,18)8-4-5-9-21-13-10-11(16)6-7-12(13)17/h6-7,10H,3-5,8-9,18H2,1-2H3. The van der Waals surface area contributed by atoms with Crippen LogP contribution in [0.2, 0.25) is 0 Å². The molecule has 0 radical (unpaired) electrons. The minimum absolute atomic E-state index is 0.302. The van der Waals surface area contributed by atoms with Crippen molar-refractivity contribution in [1.29, 1.82) is 0 Å². The van der Waals surface area contributed by atoms with E-state index in [1.807, 2.05) is 0 Å². The zero-order valence-electron chi connectivity index (χ0n) is 12.3. The highest BCUT2D eigenvalue weighted by atomic mass is 32.2. The first-order chi connectivity index (χ1) is 9.86. The van der Waals surface area contributed by atoms with E-state index in [1.165, 1.54) is 17.8 Å². The van der Waals surface area contributed by atoms with Crippen LogP contribution in [0.25, 0.3) is 0 Å². The Bertz CT molecular complexity index is 481. The van der Waals surface area contributed by atoms with E-state index in [0.717, 1.165) is 25.0 Å². The lowest BCUT2D eigenvalue weighted by Crippen LogP contribution is -2.46. The molecule has 0 heterocycles. The quantitative estimate of drug-likeness (QED) is 0.453. The molecule has 21 heavy (non-hydrogen) atoms. The molecule has 0 fully saturated rings. The van der Waals surface area contributed by atoms with Crippen LogP contribution in [0.15, 0.2) is 23.1 Å². The number of benzene rings is 1. The molecule has 0 aliphatic heterocycles. The van der Waals surface area contributed by atoms with Crippen LogP contribution in [0.5, 0.6) is 0 Å². The molecule has 0 aromatic heterocycles. The van der Waals surface area contributed by atoms with Crippen molar-refractivity contribution in [2.24, 2.45) is 5.73 Å². The molecule has 1 atom stereocenters. The third-order valence-electron chi connectivity index (χ3n) is 2.98.